The highest BCUT2D eigenvalue weighted by Crippen LogP contribution is 1.99. The first kappa shape index (κ1) is 13.1. The van der Waals surface area contributed by atoms with Crippen LogP contribution in [0.1, 0.15) is 23.2 Å². The first-order chi connectivity index (χ1) is 8.20. The Hall–Kier alpha value is -1.92. The Kier molecular flexibility index (Phi) is 5.70. The molecule has 0 fully saturated rings. The lowest BCUT2D eigenvalue weighted by atomic mass is 10.2. The predicted molar refractivity (Wildman–Crippen MR) is 59.9 cm³/mol. The highest BCUT2D eigenvalue weighted by Gasteiger charge is 2.05. The van der Waals surface area contributed by atoms with Crippen LogP contribution in [0.2, 0.25) is 0 Å². The molecule has 0 aliphatic heterocycles. The molecule has 0 bridgehead atoms. The molecule has 0 heterocycles. The van der Waals surface area contributed by atoms with Gasteiger partial charge in [0.1, 0.15) is 0 Å². The van der Waals surface area contributed by atoms with Gasteiger partial charge in [-0.2, -0.15) is 0 Å². The average Bonchev–Trinajstić information content (AvgIpc) is 2.34. The first-order valence-electron chi connectivity index (χ1n) is 5.16. The van der Waals surface area contributed by atoms with E-state index in [4.69, 9.17) is 5.11 Å². The fourth-order valence-corrected chi connectivity index (χ4v) is 1.09. The van der Waals surface area contributed by atoms with E-state index in [0.29, 0.717) is 18.5 Å². The van der Waals surface area contributed by atoms with Crippen molar-refractivity contribution in [3.8, 4) is 0 Å². The van der Waals surface area contributed by atoms with E-state index in [0.717, 1.165) is 0 Å². The normalized spacial score (nSPS) is 9.88. The van der Waals surface area contributed by atoms with Crippen molar-refractivity contribution in [2.24, 2.45) is 0 Å². The molecule has 0 atom stereocenters. The standard InChI is InChI=1S/C11H14N2O4/c14-10(15)7-4-8-12-13-17-11(16)9-5-2-1-3-6-9/h1-3,5-6,12-13H,4,7-8H2,(H,14,15). The van der Waals surface area contributed by atoms with Gasteiger partial charge in [-0.3, -0.25) is 4.79 Å². The van der Waals surface area contributed by atoms with Gasteiger partial charge < -0.3 is 9.94 Å². The van der Waals surface area contributed by atoms with Gasteiger partial charge in [0.2, 0.25) is 0 Å². The van der Waals surface area contributed by atoms with Crippen molar-refractivity contribution in [3.63, 3.8) is 0 Å². The van der Waals surface area contributed by atoms with Crippen molar-refractivity contribution in [1.29, 1.82) is 0 Å². The van der Waals surface area contributed by atoms with E-state index in [1.165, 1.54) is 0 Å². The van der Waals surface area contributed by atoms with Crippen LogP contribution in [-0.4, -0.2) is 23.6 Å². The topological polar surface area (TPSA) is 87.7 Å². The Morgan fingerprint density at radius 1 is 1.24 bits per heavy atom. The summed E-state index contributed by atoms with van der Waals surface area (Å²) in [6, 6.07) is 8.53. The largest absolute Gasteiger partial charge is 0.481 e. The maximum atomic E-state index is 11.4. The Balaban J connectivity index is 2.11. The van der Waals surface area contributed by atoms with Crippen LogP contribution in [0.4, 0.5) is 0 Å². The summed E-state index contributed by atoms with van der Waals surface area (Å²) in [6.07, 6.45) is 0.520. The van der Waals surface area contributed by atoms with E-state index >= 15 is 0 Å². The quantitative estimate of drug-likeness (QED) is 0.479. The van der Waals surface area contributed by atoms with Crippen LogP contribution in [-0.2, 0) is 9.63 Å². The number of benzene rings is 1. The number of carbonyl (C=O) groups excluding carboxylic acids is 1. The van der Waals surface area contributed by atoms with E-state index in [-0.39, 0.29) is 6.42 Å². The minimum Gasteiger partial charge on any atom is -0.481 e. The molecule has 0 saturated heterocycles. The SMILES string of the molecule is O=C(O)CCCNNOC(=O)c1ccccc1. The highest BCUT2D eigenvalue weighted by molar-refractivity contribution is 5.89. The van der Waals surface area contributed by atoms with E-state index in [2.05, 4.69) is 15.9 Å². The van der Waals surface area contributed by atoms with Gasteiger partial charge >= 0.3 is 11.9 Å². The molecular formula is C11H14N2O4. The Bertz CT molecular complexity index is 367. The zero-order valence-electron chi connectivity index (χ0n) is 9.18. The van der Waals surface area contributed by atoms with Gasteiger partial charge in [0.05, 0.1) is 5.56 Å². The van der Waals surface area contributed by atoms with Gasteiger partial charge in [-0.1, -0.05) is 23.8 Å². The van der Waals surface area contributed by atoms with Gasteiger partial charge in [-0.25, -0.2) is 10.2 Å². The fourth-order valence-electron chi connectivity index (χ4n) is 1.09. The van der Waals surface area contributed by atoms with Crippen LogP contribution in [0.5, 0.6) is 0 Å². The maximum absolute atomic E-state index is 11.4. The molecule has 0 unspecified atom stereocenters. The molecule has 6 heteroatoms. The lowest BCUT2D eigenvalue weighted by molar-refractivity contribution is -0.137. The number of carboxylic acid groups (broad SMARTS) is 1. The Labute approximate surface area is 98.5 Å². The molecule has 17 heavy (non-hydrogen) atoms. The van der Waals surface area contributed by atoms with Crippen molar-refractivity contribution in [1.82, 2.24) is 11.0 Å². The average molecular weight is 238 g/mol. The molecule has 0 spiro atoms. The molecule has 1 aromatic carbocycles. The van der Waals surface area contributed by atoms with Crippen LogP contribution in [0.3, 0.4) is 0 Å². The first-order valence-corrected chi connectivity index (χ1v) is 5.16. The monoisotopic (exact) mass is 238 g/mol. The molecule has 6 nitrogen and oxygen atoms in total. The molecule has 3 N–H and O–H groups in total. The zero-order valence-corrected chi connectivity index (χ0v) is 9.18. The lowest BCUT2D eigenvalue weighted by Gasteiger charge is -2.06. The summed E-state index contributed by atoms with van der Waals surface area (Å²) in [7, 11) is 0. The van der Waals surface area contributed by atoms with Gasteiger partial charge in [0.15, 0.2) is 0 Å². The van der Waals surface area contributed by atoms with Gasteiger partial charge in [-0.05, 0) is 18.6 Å². The van der Waals surface area contributed by atoms with Crippen molar-refractivity contribution < 1.29 is 19.5 Å². The van der Waals surface area contributed by atoms with Crippen LogP contribution in [0, 0.1) is 0 Å². The molecule has 0 aromatic heterocycles. The molecule has 1 rings (SSSR count). The van der Waals surface area contributed by atoms with E-state index < -0.39 is 11.9 Å². The summed E-state index contributed by atoms with van der Waals surface area (Å²) >= 11 is 0. The Morgan fingerprint density at radius 2 is 1.94 bits per heavy atom. The summed E-state index contributed by atoms with van der Waals surface area (Å²) in [6.45, 7) is 0.397. The molecule has 92 valence electrons. The summed E-state index contributed by atoms with van der Waals surface area (Å²) in [5, 5.41) is 8.37. The second-order valence-corrected chi connectivity index (χ2v) is 3.28. The molecule has 0 radical (unpaired) electrons. The summed E-state index contributed by atoms with van der Waals surface area (Å²) in [5.74, 6) is -1.36. The molecule has 0 aliphatic rings. The maximum Gasteiger partial charge on any atom is 0.357 e. The van der Waals surface area contributed by atoms with Crippen molar-refractivity contribution in [2.45, 2.75) is 12.8 Å². The number of hydrogen-bond donors (Lipinski definition) is 3. The minimum atomic E-state index is -0.854. The molecule has 1 aromatic rings. The van der Waals surface area contributed by atoms with Crippen LogP contribution >= 0.6 is 0 Å². The number of aliphatic carboxylic acids is 1. The molecule has 0 amide bonds. The summed E-state index contributed by atoms with van der Waals surface area (Å²) in [5.41, 5.74) is 5.29. The third-order valence-electron chi connectivity index (χ3n) is 1.92. The van der Waals surface area contributed by atoms with Crippen molar-refractivity contribution >= 4 is 11.9 Å². The van der Waals surface area contributed by atoms with E-state index in [9.17, 15) is 9.59 Å². The Morgan fingerprint density at radius 3 is 2.59 bits per heavy atom. The smallest absolute Gasteiger partial charge is 0.357 e. The third-order valence-corrected chi connectivity index (χ3v) is 1.92. The van der Waals surface area contributed by atoms with E-state index in [1.54, 1.807) is 30.3 Å². The number of hydrogen-bond acceptors (Lipinski definition) is 5. The van der Waals surface area contributed by atoms with Crippen LogP contribution in [0.25, 0.3) is 0 Å². The van der Waals surface area contributed by atoms with E-state index in [1.807, 2.05) is 0 Å². The fraction of sp³-hybridized carbons (Fsp3) is 0.273. The highest BCUT2D eigenvalue weighted by atomic mass is 16.7. The zero-order chi connectivity index (χ0) is 12.5. The van der Waals surface area contributed by atoms with Crippen LogP contribution in [0.15, 0.2) is 30.3 Å². The lowest BCUT2D eigenvalue weighted by Crippen LogP contribution is -2.35. The second-order valence-electron chi connectivity index (χ2n) is 3.28. The number of hydrazine groups is 1. The predicted octanol–water partition coefficient (Wildman–Crippen LogP) is 0.717. The van der Waals surface area contributed by atoms with Gasteiger partial charge in [0, 0.05) is 13.0 Å². The second kappa shape index (κ2) is 7.37. The molecule has 0 aliphatic carbocycles. The number of carboxylic acids is 1. The summed E-state index contributed by atoms with van der Waals surface area (Å²) in [4.78, 5) is 26.2. The third kappa shape index (κ3) is 5.64. The number of nitrogens with one attached hydrogen (secondary N) is 2. The van der Waals surface area contributed by atoms with Crippen LogP contribution < -0.4 is 11.0 Å². The molecular weight excluding hydrogens is 224 g/mol. The number of rotatable bonds is 7. The van der Waals surface area contributed by atoms with Gasteiger partial charge in [0.25, 0.3) is 0 Å². The van der Waals surface area contributed by atoms with Crippen molar-refractivity contribution in [2.75, 3.05) is 6.54 Å². The molecule has 0 saturated carbocycles. The van der Waals surface area contributed by atoms with Crippen molar-refractivity contribution in [3.05, 3.63) is 35.9 Å². The number of carbonyl (C=O) groups is 2. The minimum absolute atomic E-state index is 0.0707. The summed E-state index contributed by atoms with van der Waals surface area (Å²) < 4.78 is 0. The van der Waals surface area contributed by atoms with Gasteiger partial charge in [-0.15, -0.1) is 0 Å².